The molecule has 1 saturated carbocycles. The van der Waals surface area contributed by atoms with E-state index in [1.165, 1.54) is 50.5 Å². The van der Waals surface area contributed by atoms with Gasteiger partial charge in [-0.15, -0.1) is 0 Å². The lowest BCUT2D eigenvalue weighted by Gasteiger charge is -2.22. The zero-order valence-electron chi connectivity index (χ0n) is 14.5. The van der Waals surface area contributed by atoms with Crippen LogP contribution in [-0.4, -0.2) is 12.9 Å². The van der Waals surface area contributed by atoms with Gasteiger partial charge in [-0.3, -0.25) is 0 Å². The molecule has 1 fully saturated rings. The van der Waals surface area contributed by atoms with Crippen molar-refractivity contribution in [2.75, 3.05) is 6.61 Å². The molecule has 1 aromatic rings. The average Bonchev–Trinajstić information content (AvgIpc) is 2.56. The summed E-state index contributed by atoms with van der Waals surface area (Å²) >= 11 is 0. The van der Waals surface area contributed by atoms with Gasteiger partial charge in [0.25, 0.3) is 0 Å². The van der Waals surface area contributed by atoms with E-state index in [1.807, 2.05) is 6.92 Å². The molecule has 0 amide bonds. The van der Waals surface area contributed by atoms with E-state index in [0.29, 0.717) is 5.92 Å². The van der Waals surface area contributed by atoms with Crippen molar-refractivity contribution in [3.8, 4) is 5.75 Å². The summed E-state index contributed by atoms with van der Waals surface area (Å²) < 4.78 is 11.7. The molecule has 0 saturated heterocycles. The molecule has 0 N–H and O–H groups in total. The Morgan fingerprint density at radius 3 is 2.36 bits per heavy atom. The summed E-state index contributed by atoms with van der Waals surface area (Å²) in [5.74, 6) is 2.38. The minimum Gasteiger partial charge on any atom is -0.465 e. The lowest BCUT2D eigenvalue weighted by molar-refractivity contribution is -0.0711. The van der Waals surface area contributed by atoms with Gasteiger partial charge in [-0.25, -0.2) is 0 Å². The number of hydrogen-bond acceptors (Lipinski definition) is 2. The van der Waals surface area contributed by atoms with Gasteiger partial charge in [0, 0.05) is 0 Å². The summed E-state index contributed by atoms with van der Waals surface area (Å²) in [6.07, 6.45) is 9.17. The maximum absolute atomic E-state index is 5.85. The van der Waals surface area contributed by atoms with E-state index in [0.717, 1.165) is 18.3 Å². The highest BCUT2D eigenvalue weighted by atomic mass is 16.7. The Hall–Kier alpha value is -1.02. The van der Waals surface area contributed by atoms with Crippen LogP contribution in [0.25, 0.3) is 0 Å². The first-order chi connectivity index (χ1) is 10.7. The average molecular weight is 304 g/mol. The standard InChI is InChI=1S/C20H32O2/c1-4-16(2)19-10-12-20(13-11-19)22-17(3)21-15-14-18-8-6-5-7-9-18/h10-13,16-18H,4-9,14-15H2,1-3H3/t16?,17-/m1/s1. The summed E-state index contributed by atoms with van der Waals surface area (Å²) in [5.41, 5.74) is 1.38. The van der Waals surface area contributed by atoms with Gasteiger partial charge in [-0.2, -0.15) is 0 Å². The summed E-state index contributed by atoms with van der Waals surface area (Å²) in [5, 5.41) is 0. The van der Waals surface area contributed by atoms with Crippen molar-refractivity contribution in [1.29, 1.82) is 0 Å². The molecule has 0 aliphatic heterocycles. The SMILES string of the molecule is CCC(C)c1ccc(O[C@H](C)OCCC2CCCCC2)cc1. The van der Waals surface area contributed by atoms with Crippen molar-refractivity contribution in [2.45, 2.75) is 77.9 Å². The van der Waals surface area contributed by atoms with Crippen molar-refractivity contribution in [1.82, 2.24) is 0 Å². The van der Waals surface area contributed by atoms with Gasteiger partial charge in [0.1, 0.15) is 5.75 Å². The van der Waals surface area contributed by atoms with E-state index in [-0.39, 0.29) is 6.29 Å². The van der Waals surface area contributed by atoms with Crippen molar-refractivity contribution >= 4 is 0 Å². The third-order valence-electron chi connectivity index (χ3n) is 4.97. The minimum absolute atomic E-state index is 0.168. The Bertz CT molecular complexity index is 406. The maximum Gasteiger partial charge on any atom is 0.196 e. The number of ether oxygens (including phenoxy) is 2. The van der Waals surface area contributed by atoms with E-state index in [2.05, 4.69) is 38.1 Å². The molecule has 22 heavy (non-hydrogen) atoms. The molecule has 1 aliphatic rings. The fraction of sp³-hybridized carbons (Fsp3) is 0.700. The largest absolute Gasteiger partial charge is 0.465 e. The lowest BCUT2D eigenvalue weighted by atomic mass is 9.87. The van der Waals surface area contributed by atoms with Crippen molar-refractivity contribution in [2.24, 2.45) is 5.92 Å². The molecule has 0 spiro atoms. The Morgan fingerprint density at radius 1 is 1.05 bits per heavy atom. The van der Waals surface area contributed by atoms with Gasteiger partial charge in [0.2, 0.25) is 0 Å². The molecule has 0 radical (unpaired) electrons. The number of rotatable bonds is 8. The smallest absolute Gasteiger partial charge is 0.196 e. The van der Waals surface area contributed by atoms with Crippen LogP contribution >= 0.6 is 0 Å². The molecule has 1 aromatic carbocycles. The second-order valence-electron chi connectivity index (χ2n) is 6.73. The molecule has 2 rings (SSSR count). The second kappa shape index (κ2) is 9.19. The Labute approximate surface area is 136 Å². The molecule has 2 nitrogen and oxygen atoms in total. The van der Waals surface area contributed by atoms with Crippen LogP contribution in [0.5, 0.6) is 5.75 Å². The molecule has 1 aliphatic carbocycles. The van der Waals surface area contributed by atoms with Gasteiger partial charge in [0.15, 0.2) is 6.29 Å². The number of hydrogen-bond donors (Lipinski definition) is 0. The van der Waals surface area contributed by atoms with E-state index >= 15 is 0 Å². The van der Waals surface area contributed by atoms with Crippen LogP contribution in [0.4, 0.5) is 0 Å². The molecule has 1 unspecified atom stereocenters. The van der Waals surface area contributed by atoms with Crippen molar-refractivity contribution in [3.63, 3.8) is 0 Å². The number of benzene rings is 1. The van der Waals surface area contributed by atoms with Gasteiger partial charge >= 0.3 is 0 Å². The van der Waals surface area contributed by atoms with E-state index in [1.54, 1.807) is 0 Å². The molecule has 124 valence electrons. The molecule has 0 aromatic heterocycles. The van der Waals surface area contributed by atoms with Crippen molar-refractivity contribution in [3.05, 3.63) is 29.8 Å². The van der Waals surface area contributed by atoms with E-state index in [4.69, 9.17) is 9.47 Å². The van der Waals surface area contributed by atoms with Gasteiger partial charge in [-0.1, -0.05) is 58.1 Å². The predicted molar refractivity (Wildman–Crippen MR) is 92.4 cm³/mol. The van der Waals surface area contributed by atoms with Crippen LogP contribution < -0.4 is 4.74 Å². The molecule has 0 heterocycles. The Balaban J connectivity index is 1.68. The minimum atomic E-state index is -0.168. The molecular formula is C20H32O2. The first-order valence-electron chi connectivity index (χ1n) is 9.07. The van der Waals surface area contributed by atoms with Gasteiger partial charge in [-0.05, 0) is 49.3 Å². The molecule has 2 heteroatoms. The first kappa shape index (κ1) is 17.3. The quantitative estimate of drug-likeness (QED) is 0.556. The summed E-state index contributed by atoms with van der Waals surface area (Å²) in [6.45, 7) is 7.28. The topological polar surface area (TPSA) is 18.5 Å². The normalized spacial score (nSPS) is 18.9. The van der Waals surface area contributed by atoms with E-state index in [9.17, 15) is 0 Å². The monoisotopic (exact) mass is 304 g/mol. The van der Waals surface area contributed by atoms with Crippen LogP contribution in [0.2, 0.25) is 0 Å². The fourth-order valence-corrected chi connectivity index (χ4v) is 3.21. The highest BCUT2D eigenvalue weighted by molar-refractivity contribution is 5.29. The van der Waals surface area contributed by atoms with Crippen LogP contribution in [0.15, 0.2) is 24.3 Å². The highest BCUT2D eigenvalue weighted by Gasteiger charge is 2.14. The molecular weight excluding hydrogens is 272 g/mol. The summed E-state index contributed by atoms with van der Waals surface area (Å²) in [7, 11) is 0. The third kappa shape index (κ3) is 5.64. The predicted octanol–water partition coefficient (Wildman–Crippen LogP) is 5.91. The van der Waals surface area contributed by atoms with Gasteiger partial charge < -0.3 is 9.47 Å². The summed E-state index contributed by atoms with van der Waals surface area (Å²) in [6, 6.07) is 8.45. The van der Waals surface area contributed by atoms with Crippen LogP contribution in [0.1, 0.15) is 77.2 Å². The maximum atomic E-state index is 5.85. The van der Waals surface area contributed by atoms with E-state index < -0.39 is 0 Å². The van der Waals surface area contributed by atoms with Gasteiger partial charge in [0.05, 0.1) is 6.61 Å². The fourth-order valence-electron chi connectivity index (χ4n) is 3.21. The van der Waals surface area contributed by atoms with Crippen LogP contribution in [0.3, 0.4) is 0 Å². The van der Waals surface area contributed by atoms with Crippen molar-refractivity contribution < 1.29 is 9.47 Å². The first-order valence-corrected chi connectivity index (χ1v) is 9.07. The molecule has 2 atom stereocenters. The lowest BCUT2D eigenvalue weighted by Crippen LogP contribution is -2.19. The zero-order valence-corrected chi connectivity index (χ0v) is 14.5. The highest BCUT2D eigenvalue weighted by Crippen LogP contribution is 2.26. The third-order valence-corrected chi connectivity index (χ3v) is 4.97. The Morgan fingerprint density at radius 2 is 1.73 bits per heavy atom. The molecule has 0 bridgehead atoms. The van der Waals surface area contributed by atoms with Crippen LogP contribution in [-0.2, 0) is 4.74 Å². The Kier molecular flexibility index (Phi) is 7.24. The van der Waals surface area contributed by atoms with Crippen LogP contribution in [0, 0.1) is 5.92 Å². The zero-order chi connectivity index (χ0) is 15.8. The summed E-state index contributed by atoms with van der Waals surface area (Å²) in [4.78, 5) is 0. The second-order valence-corrected chi connectivity index (χ2v) is 6.73.